The number of quaternary nitrogens is 1. The number of methoxy groups -OCH3 is 1. The first kappa shape index (κ1) is 17.9. The van der Waals surface area contributed by atoms with Crippen molar-refractivity contribution in [3.05, 3.63) is 16.0 Å². The molecule has 6 nitrogen and oxygen atoms in total. The Balaban J connectivity index is 2.09. The van der Waals surface area contributed by atoms with Crippen LogP contribution >= 0.6 is 11.3 Å². The van der Waals surface area contributed by atoms with E-state index in [9.17, 15) is 9.59 Å². The number of esters is 1. The highest BCUT2D eigenvalue weighted by molar-refractivity contribution is 7.17. The van der Waals surface area contributed by atoms with Crippen molar-refractivity contribution in [3.63, 3.8) is 0 Å². The Morgan fingerprint density at radius 1 is 1.30 bits per heavy atom. The summed E-state index contributed by atoms with van der Waals surface area (Å²) in [5.74, 6) is -0.434. The number of rotatable bonds is 8. The summed E-state index contributed by atoms with van der Waals surface area (Å²) in [7, 11) is 1.63. The Bertz CT molecular complexity index is 557. The third kappa shape index (κ3) is 4.76. The van der Waals surface area contributed by atoms with E-state index in [1.54, 1.807) is 14.0 Å². The van der Waals surface area contributed by atoms with Gasteiger partial charge in [-0.1, -0.05) is 0 Å². The van der Waals surface area contributed by atoms with Crippen molar-refractivity contribution in [2.24, 2.45) is 0 Å². The minimum Gasteiger partial charge on any atom is -0.462 e. The van der Waals surface area contributed by atoms with Crippen LogP contribution in [0, 0.1) is 0 Å². The van der Waals surface area contributed by atoms with Gasteiger partial charge in [-0.3, -0.25) is 4.79 Å². The van der Waals surface area contributed by atoms with Gasteiger partial charge in [-0.25, -0.2) is 4.79 Å². The molecule has 1 aromatic heterocycles. The molecule has 0 spiro atoms. The third-order valence-electron chi connectivity index (χ3n) is 3.76. The number of aryl methyl sites for hydroxylation is 1. The summed E-state index contributed by atoms with van der Waals surface area (Å²) in [5.41, 5.74) is 1.63. The minimum atomic E-state index is -0.328. The van der Waals surface area contributed by atoms with E-state index in [-0.39, 0.29) is 11.9 Å². The third-order valence-corrected chi connectivity index (χ3v) is 4.97. The number of nitrogens with one attached hydrogen (secondary N) is 1. The molecule has 0 bridgehead atoms. The van der Waals surface area contributed by atoms with Crippen molar-refractivity contribution in [2.45, 2.75) is 32.6 Å². The highest BCUT2D eigenvalue weighted by Gasteiger charge is 2.27. The fourth-order valence-corrected chi connectivity index (χ4v) is 3.98. The van der Waals surface area contributed by atoms with E-state index in [1.807, 2.05) is 5.32 Å². The van der Waals surface area contributed by atoms with E-state index in [2.05, 4.69) is 5.32 Å². The Hall–Kier alpha value is -1.44. The number of anilines is 1. The van der Waals surface area contributed by atoms with Crippen LogP contribution in [0.5, 0.6) is 0 Å². The number of hydrogen-bond acceptors (Lipinski definition) is 5. The molecular weight excluding hydrogens is 316 g/mol. The van der Waals surface area contributed by atoms with Crippen molar-refractivity contribution in [1.29, 1.82) is 0 Å². The SMILES string of the molecule is CCOC(=O)c1c(NC(=O)C[NH2+]CCOC)sc2c1CCCC2. The fourth-order valence-electron chi connectivity index (χ4n) is 2.69. The lowest BCUT2D eigenvalue weighted by molar-refractivity contribution is -0.645. The lowest BCUT2D eigenvalue weighted by Gasteiger charge is -2.12. The van der Waals surface area contributed by atoms with Gasteiger partial charge in [0, 0.05) is 12.0 Å². The quantitative estimate of drug-likeness (QED) is 0.545. The second-order valence-electron chi connectivity index (χ2n) is 5.46. The first-order valence-corrected chi connectivity index (χ1v) is 8.91. The molecule has 1 amide bonds. The molecule has 0 atom stereocenters. The minimum absolute atomic E-state index is 0.106. The summed E-state index contributed by atoms with van der Waals surface area (Å²) in [6, 6.07) is 0. The van der Waals surface area contributed by atoms with Gasteiger partial charge in [-0.15, -0.1) is 11.3 Å². The first-order chi connectivity index (χ1) is 11.2. The highest BCUT2D eigenvalue weighted by Crippen LogP contribution is 2.38. The number of nitrogens with two attached hydrogens (primary N) is 1. The molecule has 7 heteroatoms. The lowest BCUT2D eigenvalue weighted by atomic mass is 9.95. The van der Waals surface area contributed by atoms with E-state index in [4.69, 9.17) is 9.47 Å². The summed E-state index contributed by atoms with van der Waals surface area (Å²) < 4.78 is 10.1. The zero-order valence-corrected chi connectivity index (χ0v) is 14.6. The van der Waals surface area contributed by atoms with Crippen molar-refractivity contribution < 1.29 is 24.4 Å². The standard InChI is InChI=1S/C16H24N2O4S/c1-3-22-16(20)14-11-6-4-5-7-12(11)23-15(14)18-13(19)10-17-8-9-21-2/h17H,3-10H2,1-2H3,(H,18,19)/p+1. The maximum absolute atomic E-state index is 12.3. The second kappa shape index (κ2) is 9.00. The van der Waals surface area contributed by atoms with Crippen LogP contribution in [0.15, 0.2) is 0 Å². The van der Waals surface area contributed by atoms with E-state index >= 15 is 0 Å². The number of carbonyl (C=O) groups excluding carboxylic acids is 2. The summed E-state index contributed by atoms with van der Waals surface area (Å²) in [5, 5.41) is 5.42. The smallest absolute Gasteiger partial charge is 0.341 e. The van der Waals surface area contributed by atoms with Gasteiger partial charge >= 0.3 is 5.97 Å². The molecule has 23 heavy (non-hydrogen) atoms. The zero-order chi connectivity index (χ0) is 16.7. The van der Waals surface area contributed by atoms with Gasteiger partial charge in [0.1, 0.15) is 5.00 Å². The number of thiophene rings is 1. The Morgan fingerprint density at radius 2 is 2.09 bits per heavy atom. The first-order valence-electron chi connectivity index (χ1n) is 8.09. The maximum atomic E-state index is 12.3. The van der Waals surface area contributed by atoms with Crippen LogP contribution in [-0.2, 0) is 27.1 Å². The van der Waals surface area contributed by atoms with Crippen LogP contribution in [0.2, 0.25) is 0 Å². The number of carbonyl (C=O) groups is 2. The van der Waals surface area contributed by atoms with E-state index in [0.717, 1.165) is 37.8 Å². The summed E-state index contributed by atoms with van der Waals surface area (Å²) in [4.78, 5) is 25.6. The topological polar surface area (TPSA) is 81.2 Å². The van der Waals surface area contributed by atoms with Gasteiger partial charge in [0.05, 0.1) is 25.3 Å². The van der Waals surface area contributed by atoms with E-state index < -0.39 is 0 Å². The molecule has 1 aliphatic rings. The molecule has 0 fully saturated rings. The van der Waals surface area contributed by atoms with Crippen molar-refractivity contribution >= 4 is 28.2 Å². The van der Waals surface area contributed by atoms with Gasteiger partial charge in [0.25, 0.3) is 5.91 Å². The average molecular weight is 341 g/mol. The number of ether oxygens (including phenoxy) is 2. The van der Waals surface area contributed by atoms with Crippen molar-refractivity contribution in [2.75, 3.05) is 38.7 Å². The van der Waals surface area contributed by atoms with Crippen LogP contribution in [0.4, 0.5) is 5.00 Å². The predicted molar refractivity (Wildman–Crippen MR) is 89.1 cm³/mol. The normalized spacial score (nSPS) is 13.5. The molecule has 0 unspecified atom stereocenters. The van der Waals surface area contributed by atoms with E-state index in [1.165, 1.54) is 16.2 Å². The molecule has 0 saturated carbocycles. The Labute approximate surface area is 140 Å². The number of amides is 1. The molecule has 0 aliphatic heterocycles. The van der Waals surface area contributed by atoms with Crippen LogP contribution in [0.3, 0.4) is 0 Å². The van der Waals surface area contributed by atoms with Crippen LogP contribution < -0.4 is 10.6 Å². The predicted octanol–water partition coefficient (Wildman–Crippen LogP) is 0.952. The van der Waals surface area contributed by atoms with Crippen LogP contribution in [-0.4, -0.2) is 45.3 Å². The highest BCUT2D eigenvalue weighted by atomic mass is 32.1. The van der Waals surface area contributed by atoms with Gasteiger partial charge < -0.3 is 20.1 Å². The van der Waals surface area contributed by atoms with E-state index in [0.29, 0.717) is 30.3 Å². The van der Waals surface area contributed by atoms with Gasteiger partial charge in [0.15, 0.2) is 6.54 Å². The summed E-state index contributed by atoms with van der Waals surface area (Å²) in [6.45, 7) is 3.78. The Morgan fingerprint density at radius 3 is 2.83 bits per heavy atom. The number of fused-ring (bicyclic) bond motifs is 1. The molecule has 1 heterocycles. The molecule has 0 radical (unpaired) electrons. The molecule has 0 saturated heterocycles. The van der Waals surface area contributed by atoms with Gasteiger partial charge in [-0.05, 0) is 38.2 Å². The molecule has 1 aliphatic carbocycles. The van der Waals surface area contributed by atoms with Gasteiger partial charge in [-0.2, -0.15) is 0 Å². The van der Waals surface area contributed by atoms with Crippen LogP contribution in [0.25, 0.3) is 0 Å². The van der Waals surface area contributed by atoms with Crippen molar-refractivity contribution in [1.82, 2.24) is 0 Å². The molecule has 3 N–H and O–H groups in total. The Kier molecular flexibility index (Phi) is 7.01. The molecule has 128 valence electrons. The molecule has 0 aromatic carbocycles. The largest absolute Gasteiger partial charge is 0.462 e. The van der Waals surface area contributed by atoms with Gasteiger partial charge in [0.2, 0.25) is 0 Å². The molecule has 1 aromatic rings. The molecular formula is C16H25N2O4S+. The van der Waals surface area contributed by atoms with Crippen molar-refractivity contribution in [3.8, 4) is 0 Å². The maximum Gasteiger partial charge on any atom is 0.341 e. The number of hydrogen-bond donors (Lipinski definition) is 2. The lowest BCUT2D eigenvalue weighted by Crippen LogP contribution is -2.87. The summed E-state index contributed by atoms with van der Waals surface area (Å²) >= 11 is 1.52. The average Bonchev–Trinajstić information content (AvgIpc) is 2.89. The van der Waals surface area contributed by atoms with Crippen LogP contribution in [0.1, 0.15) is 40.6 Å². The fraction of sp³-hybridized carbons (Fsp3) is 0.625. The second-order valence-corrected chi connectivity index (χ2v) is 6.56. The zero-order valence-electron chi connectivity index (χ0n) is 13.8. The monoisotopic (exact) mass is 341 g/mol. The summed E-state index contributed by atoms with van der Waals surface area (Å²) in [6.07, 6.45) is 4.07. The molecule has 2 rings (SSSR count).